The van der Waals surface area contributed by atoms with Crippen molar-refractivity contribution in [3.63, 3.8) is 0 Å². The Kier molecular flexibility index (Phi) is 5.28. The van der Waals surface area contributed by atoms with Gasteiger partial charge in [-0.15, -0.1) is 0 Å². The summed E-state index contributed by atoms with van der Waals surface area (Å²) in [6.07, 6.45) is 2.06. The fraction of sp³-hybridized carbons (Fsp3) is 0.263. The predicted octanol–water partition coefficient (Wildman–Crippen LogP) is 3.38. The van der Waals surface area contributed by atoms with Crippen LogP contribution in [0.25, 0.3) is 0 Å². The highest BCUT2D eigenvalue weighted by Gasteiger charge is 2.19. The van der Waals surface area contributed by atoms with Crippen LogP contribution in [0.15, 0.2) is 48.5 Å². The molecule has 1 saturated heterocycles. The zero-order valence-corrected chi connectivity index (χ0v) is 13.8. The van der Waals surface area contributed by atoms with Crippen LogP contribution in [0.5, 0.6) is 0 Å². The van der Waals surface area contributed by atoms with Crippen molar-refractivity contribution in [1.82, 2.24) is 10.2 Å². The molecule has 25 heavy (non-hydrogen) atoms. The largest absolute Gasteiger partial charge is 0.339 e. The van der Waals surface area contributed by atoms with Crippen molar-refractivity contribution in [2.45, 2.75) is 19.4 Å². The van der Waals surface area contributed by atoms with Gasteiger partial charge in [-0.05, 0) is 37.1 Å². The molecule has 0 aliphatic carbocycles. The van der Waals surface area contributed by atoms with Gasteiger partial charge in [-0.3, -0.25) is 4.79 Å². The number of benzene rings is 2. The van der Waals surface area contributed by atoms with E-state index < -0.39 is 6.03 Å². The highest BCUT2D eigenvalue weighted by atomic mass is 19.1. The van der Waals surface area contributed by atoms with Gasteiger partial charge in [-0.25, -0.2) is 9.18 Å². The van der Waals surface area contributed by atoms with E-state index in [4.69, 9.17) is 0 Å². The molecule has 2 aromatic rings. The second-order valence-electron chi connectivity index (χ2n) is 5.98. The molecule has 1 heterocycles. The average molecular weight is 341 g/mol. The average Bonchev–Trinajstić information content (AvgIpc) is 3.15. The molecule has 1 aliphatic rings. The van der Waals surface area contributed by atoms with Gasteiger partial charge in [-0.2, -0.15) is 0 Å². The fourth-order valence-electron chi connectivity index (χ4n) is 2.83. The van der Waals surface area contributed by atoms with Crippen molar-refractivity contribution in [3.8, 4) is 0 Å². The van der Waals surface area contributed by atoms with Crippen molar-refractivity contribution < 1.29 is 14.0 Å². The number of nitrogens with zero attached hydrogens (tertiary/aromatic N) is 1. The Morgan fingerprint density at radius 2 is 1.80 bits per heavy atom. The Hall–Kier alpha value is -2.89. The van der Waals surface area contributed by atoms with Crippen LogP contribution in [0.4, 0.5) is 14.9 Å². The minimum absolute atomic E-state index is 0.0204. The number of likely N-dealkylation sites (tertiary alicyclic amines) is 1. The van der Waals surface area contributed by atoms with E-state index in [-0.39, 0.29) is 18.3 Å². The van der Waals surface area contributed by atoms with E-state index in [1.165, 1.54) is 6.07 Å². The van der Waals surface area contributed by atoms with E-state index in [9.17, 15) is 14.0 Å². The summed E-state index contributed by atoms with van der Waals surface area (Å²) in [6, 6.07) is 12.7. The fourth-order valence-corrected chi connectivity index (χ4v) is 2.83. The van der Waals surface area contributed by atoms with Crippen LogP contribution in [-0.4, -0.2) is 29.9 Å². The third kappa shape index (κ3) is 4.35. The van der Waals surface area contributed by atoms with Crippen LogP contribution in [0.2, 0.25) is 0 Å². The zero-order chi connectivity index (χ0) is 17.6. The first-order chi connectivity index (χ1) is 12.1. The second-order valence-corrected chi connectivity index (χ2v) is 5.98. The zero-order valence-electron chi connectivity index (χ0n) is 13.8. The first-order valence-electron chi connectivity index (χ1n) is 8.31. The quantitative estimate of drug-likeness (QED) is 0.895. The lowest BCUT2D eigenvalue weighted by molar-refractivity contribution is 0.0793. The van der Waals surface area contributed by atoms with Crippen LogP contribution in [0, 0.1) is 5.82 Å². The van der Waals surface area contributed by atoms with E-state index in [0.717, 1.165) is 25.9 Å². The number of hydrogen-bond donors (Lipinski definition) is 2. The molecule has 1 fully saturated rings. The molecule has 0 spiro atoms. The van der Waals surface area contributed by atoms with Crippen LogP contribution >= 0.6 is 0 Å². The highest BCUT2D eigenvalue weighted by Crippen LogP contribution is 2.16. The third-order valence-electron chi connectivity index (χ3n) is 4.16. The maximum atomic E-state index is 13.5. The summed E-state index contributed by atoms with van der Waals surface area (Å²) < 4.78 is 13.5. The van der Waals surface area contributed by atoms with Gasteiger partial charge in [0.2, 0.25) is 0 Å². The molecule has 2 N–H and O–H groups in total. The first-order valence-corrected chi connectivity index (χ1v) is 8.31. The summed E-state index contributed by atoms with van der Waals surface area (Å²) in [5.74, 6) is -0.381. The number of carbonyl (C=O) groups is 2. The Balaban J connectivity index is 1.59. The molecule has 0 radical (unpaired) electrons. The van der Waals surface area contributed by atoms with Crippen molar-refractivity contribution in [1.29, 1.82) is 0 Å². The van der Waals surface area contributed by atoms with E-state index >= 15 is 0 Å². The molecular weight excluding hydrogens is 321 g/mol. The molecule has 6 heteroatoms. The van der Waals surface area contributed by atoms with E-state index in [1.54, 1.807) is 42.5 Å². The molecule has 3 amide bonds. The van der Waals surface area contributed by atoms with Crippen molar-refractivity contribution in [2.75, 3.05) is 18.4 Å². The molecule has 0 aromatic heterocycles. The molecule has 0 saturated carbocycles. The number of urea groups is 1. The van der Waals surface area contributed by atoms with Gasteiger partial charge in [0.25, 0.3) is 5.91 Å². The number of anilines is 1. The van der Waals surface area contributed by atoms with Crippen LogP contribution in [0.1, 0.15) is 28.8 Å². The highest BCUT2D eigenvalue weighted by molar-refractivity contribution is 5.97. The maximum Gasteiger partial charge on any atom is 0.319 e. The molecule has 2 aromatic carbocycles. The summed E-state index contributed by atoms with van der Waals surface area (Å²) in [6.45, 7) is 1.64. The smallest absolute Gasteiger partial charge is 0.319 e. The molecule has 130 valence electrons. The predicted molar refractivity (Wildman–Crippen MR) is 93.8 cm³/mol. The standard InChI is InChI=1S/C19H20FN3O2/c20-17-9-2-1-6-15(17)13-21-19(25)22-16-8-5-7-14(12-16)18(24)23-10-3-4-11-23/h1-2,5-9,12H,3-4,10-11,13H2,(H2,21,22,25). The van der Waals surface area contributed by atoms with Gasteiger partial charge >= 0.3 is 6.03 Å². The topological polar surface area (TPSA) is 61.4 Å². The number of rotatable bonds is 4. The molecule has 3 rings (SSSR count). The van der Waals surface area contributed by atoms with Gasteiger partial charge in [0.1, 0.15) is 5.82 Å². The van der Waals surface area contributed by atoms with Gasteiger partial charge in [0, 0.05) is 36.4 Å². The van der Waals surface area contributed by atoms with Crippen molar-refractivity contribution in [3.05, 3.63) is 65.5 Å². The van der Waals surface area contributed by atoms with Gasteiger partial charge < -0.3 is 15.5 Å². The number of hydrogen-bond acceptors (Lipinski definition) is 2. The number of amides is 3. The summed E-state index contributed by atoms with van der Waals surface area (Å²) in [4.78, 5) is 26.2. The summed E-state index contributed by atoms with van der Waals surface area (Å²) in [5.41, 5.74) is 1.49. The minimum Gasteiger partial charge on any atom is -0.339 e. The number of halogens is 1. The Bertz CT molecular complexity index is 773. The lowest BCUT2D eigenvalue weighted by Gasteiger charge is -2.16. The summed E-state index contributed by atoms with van der Waals surface area (Å²) >= 11 is 0. The van der Waals surface area contributed by atoms with Crippen LogP contribution in [-0.2, 0) is 6.54 Å². The molecular formula is C19H20FN3O2. The molecule has 0 atom stereocenters. The Morgan fingerprint density at radius 1 is 1.04 bits per heavy atom. The monoisotopic (exact) mass is 341 g/mol. The Labute approximate surface area is 145 Å². The van der Waals surface area contributed by atoms with Gasteiger partial charge in [0.15, 0.2) is 0 Å². The molecule has 5 nitrogen and oxygen atoms in total. The third-order valence-corrected chi connectivity index (χ3v) is 4.16. The van der Waals surface area contributed by atoms with Crippen molar-refractivity contribution in [2.24, 2.45) is 0 Å². The number of carbonyl (C=O) groups excluding carboxylic acids is 2. The Morgan fingerprint density at radius 3 is 2.56 bits per heavy atom. The van der Waals surface area contributed by atoms with Gasteiger partial charge in [-0.1, -0.05) is 24.3 Å². The van der Waals surface area contributed by atoms with E-state index in [1.807, 2.05) is 4.90 Å². The maximum absolute atomic E-state index is 13.5. The SMILES string of the molecule is O=C(NCc1ccccc1F)Nc1cccc(C(=O)N2CCCC2)c1. The molecule has 1 aliphatic heterocycles. The number of nitrogens with one attached hydrogen (secondary N) is 2. The van der Waals surface area contributed by atoms with Crippen LogP contribution in [0.3, 0.4) is 0 Å². The molecule has 0 unspecified atom stereocenters. The summed E-state index contributed by atoms with van der Waals surface area (Å²) in [5, 5.41) is 5.28. The van der Waals surface area contributed by atoms with E-state index in [2.05, 4.69) is 10.6 Å². The second kappa shape index (κ2) is 7.79. The lowest BCUT2D eigenvalue weighted by Crippen LogP contribution is -2.29. The lowest BCUT2D eigenvalue weighted by atomic mass is 10.2. The summed E-state index contributed by atoms with van der Waals surface area (Å²) in [7, 11) is 0. The van der Waals surface area contributed by atoms with Gasteiger partial charge in [0.05, 0.1) is 0 Å². The normalized spacial score (nSPS) is 13.6. The molecule has 0 bridgehead atoms. The first kappa shape index (κ1) is 17.0. The van der Waals surface area contributed by atoms with Crippen LogP contribution < -0.4 is 10.6 Å². The van der Waals surface area contributed by atoms with E-state index in [0.29, 0.717) is 16.8 Å². The minimum atomic E-state index is -0.450. The van der Waals surface area contributed by atoms with Crippen molar-refractivity contribution >= 4 is 17.6 Å².